The number of aromatic carboxylic acids is 1. The molecule has 0 saturated heterocycles. The summed E-state index contributed by atoms with van der Waals surface area (Å²) >= 11 is 0. The van der Waals surface area contributed by atoms with Crippen molar-refractivity contribution in [3.8, 4) is 0 Å². The minimum Gasteiger partial charge on any atom is -0.478 e. The Labute approximate surface area is 102 Å². The summed E-state index contributed by atoms with van der Waals surface area (Å²) in [5, 5.41) is 12.3. The number of carboxylic acids is 1. The standard InChI is InChI=1S/C13H20N2O2/c1-3-9(4-2)8-15-12-6-5-10(14)7-11(12)13(16)17/h5-7,9,15H,3-4,8,14H2,1-2H3,(H,16,17). The van der Waals surface area contributed by atoms with Gasteiger partial charge in [-0.25, -0.2) is 4.79 Å². The van der Waals surface area contributed by atoms with Crippen molar-refractivity contribution in [1.29, 1.82) is 0 Å². The molecular formula is C13H20N2O2. The van der Waals surface area contributed by atoms with Gasteiger partial charge in [0, 0.05) is 17.9 Å². The molecule has 1 rings (SSSR count). The molecule has 4 nitrogen and oxygen atoms in total. The summed E-state index contributed by atoms with van der Waals surface area (Å²) in [6.45, 7) is 5.06. The number of anilines is 2. The van der Waals surface area contributed by atoms with E-state index in [1.54, 1.807) is 12.1 Å². The normalized spacial score (nSPS) is 10.5. The summed E-state index contributed by atoms with van der Waals surface area (Å²) in [5.41, 5.74) is 6.92. The van der Waals surface area contributed by atoms with E-state index in [9.17, 15) is 4.79 Å². The number of carbonyl (C=O) groups is 1. The van der Waals surface area contributed by atoms with Gasteiger partial charge >= 0.3 is 5.97 Å². The van der Waals surface area contributed by atoms with E-state index in [1.807, 2.05) is 0 Å². The second kappa shape index (κ2) is 6.13. The number of carboxylic acid groups (broad SMARTS) is 1. The summed E-state index contributed by atoms with van der Waals surface area (Å²) in [6.07, 6.45) is 2.17. The Balaban J connectivity index is 2.80. The van der Waals surface area contributed by atoms with Crippen molar-refractivity contribution in [3.05, 3.63) is 23.8 Å². The van der Waals surface area contributed by atoms with Crippen LogP contribution in [-0.4, -0.2) is 17.6 Å². The molecule has 17 heavy (non-hydrogen) atoms. The second-order valence-electron chi connectivity index (χ2n) is 4.17. The predicted octanol–water partition coefficient (Wildman–Crippen LogP) is 2.82. The highest BCUT2D eigenvalue weighted by Gasteiger charge is 2.11. The molecule has 0 radical (unpaired) electrons. The lowest BCUT2D eigenvalue weighted by Gasteiger charge is -2.16. The van der Waals surface area contributed by atoms with E-state index in [1.165, 1.54) is 6.07 Å². The molecule has 0 fully saturated rings. The van der Waals surface area contributed by atoms with Crippen LogP contribution in [-0.2, 0) is 0 Å². The average Bonchev–Trinajstić information content (AvgIpc) is 2.31. The zero-order valence-corrected chi connectivity index (χ0v) is 10.4. The molecule has 0 aromatic heterocycles. The van der Waals surface area contributed by atoms with Gasteiger partial charge in [-0.3, -0.25) is 0 Å². The number of nitrogens with two attached hydrogens (primary N) is 1. The Bertz CT molecular complexity index is 387. The molecule has 0 heterocycles. The van der Waals surface area contributed by atoms with Crippen LogP contribution in [0.3, 0.4) is 0 Å². The fourth-order valence-electron chi connectivity index (χ4n) is 1.72. The summed E-state index contributed by atoms with van der Waals surface area (Å²) in [4.78, 5) is 11.1. The number of nitrogens with one attached hydrogen (secondary N) is 1. The van der Waals surface area contributed by atoms with Gasteiger partial charge in [0.2, 0.25) is 0 Å². The molecule has 0 amide bonds. The molecule has 0 saturated carbocycles. The van der Waals surface area contributed by atoms with Crippen molar-refractivity contribution in [1.82, 2.24) is 0 Å². The van der Waals surface area contributed by atoms with Gasteiger partial charge in [0.1, 0.15) is 0 Å². The van der Waals surface area contributed by atoms with E-state index < -0.39 is 5.97 Å². The summed E-state index contributed by atoms with van der Waals surface area (Å²) in [7, 11) is 0. The van der Waals surface area contributed by atoms with E-state index in [0.29, 0.717) is 17.3 Å². The molecule has 4 N–H and O–H groups in total. The molecule has 1 aromatic carbocycles. The number of benzene rings is 1. The SMILES string of the molecule is CCC(CC)CNc1ccc(N)cc1C(=O)O. The Hall–Kier alpha value is -1.71. The molecule has 0 aliphatic heterocycles. The highest BCUT2D eigenvalue weighted by molar-refractivity contribution is 5.95. The summed E-state index contributed by atoms with van der Waals surface area (Å²) < 4.78 is 0. The minimum atomic E-state index is -0.954. The summed E-state index contributed by atoms with van der Waals surface area (Å²) in [5.74, 6) is -0.390. The largest absolute Gasteiger partial charge is 0.478 e. The van der Waals surface area contributed by atoms with Gasteiger partial charge in [-0.1, -0.05) is 26.7 Å². The van der Waals surface area contributed by atoms with Gasteiger partial charge in [0.25, 0.3) is 0 Å². The van der Waals surface area contributed by atoms with Gasteiger partial charge in [-0.05, 0) is 24.1 Å². The average molecular weight is 236 g/mol. The van der Waals surface area contributed by atoms with Crippen molar-refractivity contribution in [2.45, 2.75) is 26.7 Å². The van der Waals surface area contributed by atoms with E-state index in [0.717, 1.165) is 19.4 Å². The lowest BCUT2D eigenvalue weighted by atomic mass is 10.0. The third-order valence-corrected chi connectivity index (χ3v) is 3.01. The van der Waals surface area contributed by atoms with Gasteiger partial charge < -0.3 is 16.2 Å². The lowest BCUT2D eigenvalue weighted by molar-refractivity contribution is 0.0698. The third kappa shape index (κ3) is 3.66. The highest BCUT2D eigenvalue weighted by atomic mass is 16.4. The maximum atomic E-state index is 11.1. The van der Waals surface area contributed by atoms with E-state index in [2.05, 4.69) is 19.2 Å². The smallest absolute Gasteiger partial charge is 0.337 e. The van der Waals surface area contributed by atoms with Crippen LogP contribution in [0.25, 0.3) is 0 Å². The van der Waals surface area contributed by atoms with E-state index >= 15 is 0 Å². The van der Waals surface area contributed by atoms with Gasteiger partial charge in [0.15, 0.2) is 0 Å². The molecule has 1 aromatic rings. The Morgan fingerprint density at radius 1 is 1.41 bits per heavy atom. The third-order valence-electron chi connectivity index (χ3n) is 3.01. The van der Waals surface area contributed by atoms with Crippen molar-refractivity contribution in [3.63, 3.8) is 0 Å². The van der Waals surface area contributed by atoms with Crippen molar-refractivity contribution in [2.75, 3.05) is 17.6 Å². The van der Waals surface area contributed by atoms with E-state index in [-0.39, 0.29) is 5.56 Å². The molecule has 94 valence electrons. The maximum absolute atomic E-state index is 11.1. The molecule has 0 aliphatic carbocycles. The number of nitrogen functional groups attached to an aromatic ring is 1. The van der Waals surface area contributed by atoms with Crippen LogP contribution in [0.15, 0.2) is 18.2 Å². The first-order valence-corrected chi connectivity index (χ1v) is 5.95. The van der Waals surface area contributed by atoms with Crippen LogP contribution in [0.2, 0.25) is 0 Å². The quantitative estimate of drug-likeness (QED) is 0.664. The fraction of sp³-hybridized carbons (Fsp3) is 0.462. The van der Waals surface area contributed by atoms with Gasteiger partial charge in [0.05, 0.1) is 5.56 Å². The fourth-order valence-corrected chi connectivity index (χ4v) is 1.72. The molecule has 0 aliphatic rings. The minimum absolute atomic E-state index is 0.232. The monoisotopic (exact) mass is 236 g/mol. The van der Waals surface area contributed by atoms with Crippen molar-refractivity contribution >= 4 is 17.3 Å². The van der Waals surface area contributed by atoms with Crippen LogP contribution in [0.1, 0.15) is 37.0 Å². The molecular weight excluding hydrogens is 216 g/mol. The van der Waals surface area contributed by atoms with Gasteiger partial charge in [-0.2, -0.15) is 0 Å². The first-order chi connectivity index (χ1) is 8.08. The zero-order chi connectivity index (χ0) is 12.8. The van der Waals surface area contributed by atoms with Crippen LogP contribution in [0.5, 0.6) is 0 Å². The maximum Gasteiger partial charge on any atom is 0.337 e. The van der Waals surface area contributed by atoms with Crippen LogP contribution < -0.4 is 11.1 Å². The number of hydrogen-bond acceptors (Lipinski definition) is 3. The molecule has 0 bridgehead atoms. The second-order valence-corrected chi connectivity index (χ2v) is 4.17. The zero-order valence-electron chi connectivity index (χ0n) is 10.4. The molecule has 0 atom stereocenters. The Morgan fingerprint density at radius 2 is 2.06 bits per heavy atom. The van der Waals surface area contributed by atoms with Crippen LogP contribution in [0, 0.1) is 5.92 Å². The Kier molecular flexibility index (Phi) is 4.82. The van der Waals surface area contributed by atoms with Crippen molar-refractivity contribution in [2.24, 2.45) is 5.92 Å². The highest BCUT2D eigenvalue weighted by Crippen LogP contribution is 2.20. The number of rotatable bonds is 6. The van der Waals surface area contributed by atoms with E-state index in [4.69, 9.17) is 10.8 Å². The molecule has 0 unspecified atom stereocenters. The first-order valence-electron chi connectivity index (χ1n) is 5.95. The predicted molar refractivity (Wildman–Crippen MR) is 70.4 cm³/mol. The number of hydrogen-bond donors (Lipinski definition) is 3. The molecule has 0 spiro atoms. The van der Waals surface area contributed by atoms with Crippen molar-refractivity contribution < 1.29 is 9.90 Å². The lowest BCUT2D eigenvalue weighted by Crippen LogP contribution is -2.15. The first kappa shape index (κ1) is 13.4. The summed E-state index contributed by atoms with van der Waals surface area (Å²) in [6, 6.07) is 4.92. The Morgan fingerprint density at radius 3 is 2.59 bits per heavy atom. The van der Waals surface area contributed by atoms with Crippen LogP contribution in [0.4, 0.5) is 11.4 Å². The van der Waals surface area contributed by atoms with Crippen LogP contribution >= 0.6 is 0 Å². The van der Waals surface area contributed by atoms with Gasteiger partial charge in [-0.15, -0.1) is 0 Å². The topological polar surface area (TPSA) is 75.3 Å². The molecule has 4 heteroatoms.